The third-order valence-corrected chi connectivity index (χ3v) is 4.50. The molecule has 0 aliphatic carbocycles. The average Bonchev–Trinajstić information content (AvgIpc) is 2.43. The molecular formula is C13H22N4O4S2. The van der Waals surface area contributed by atoms with Gasteiger partial charge in [-0.2, -0.15) is 15.1 Å². The minimum atomic E-state index is -3.39. The van der Waals surface area contributed by atoms with Crippen molar-refractivity contribution in [3.8, 4) is 11.8 Å². The lowest BCUT2D eigenvalue weighted by molar-refractivity contribution is 0.364. The Morgan fingerprint density at radius 3 is 2.17 bits per heavy atom. The first-order valence-electron chi connectivity index (χ1n) is 6.69. The van der Waals surface area contributed by atoms with Crippen molar-refractivity contribution in [2.24, 2.45) is 10.5 Å². The Morgan fingerprint density at radius 2 is 1.78 bits per heavy atom. The lowest BCUT2D eigenvalue weighted by Crippen LogP contribution is -2.27. The number of hydrogen-bond donors (Lipinski definition) is 1. The van der Waals surface area contributed by atoms with E-state index in [-0.39, 0.29) is 10.7 Å². The van der Waals surface area contributed by atoms with Gasteiger partial charge in [0.05, 0.1) is 31.8 Å². The number of sulfonamides is 1. The second kappa shape index (κ2) is 7.82. The van der Waals surface area contributed by atoms with E-state index in [2.05, 4.69) is 19.9 Å². The van der Waals surface area contributed by atoms with E-state index in [9.17, 15) is 8.42 Å². The van der Waals surface area contributed by atoms with Crippen LogP contribution in [0.15, 0.2) is 16.3 Å². The molecule has 130 valence electrons. The third-order valence-electron chi connectivity index (χ3n) is 2.59. The summed E-state index contributed by atoms with van der Waals surface area (Å²) in [5.41, 5.74) is -0.201. The average molecular weight is 362 g/mol. The Kier molecular flexibility index (Phi) is 6.63. The van der Waals surface area contributed by atoms with E-state index in [4.69, 9.17) is 9.47 Å². The van der Waals surface area contributed by atoms with Gasteiger partial charge in [0.25, 0.3) is 0 Å². The van der Waals surface area contributed by atoms with Gasteiger partial charge in [0.2, 0.25) is 21.8 Å². The molecule has 10 heteroatoms. The Morgan fingerprint density at radius 1 is 1.26 bits per heavy atom. The molecule has 1 unspecified atom stereocenters. The lowest BCUT2D eigenvalue weighted by Gasteiger charge is -2.26. The van der Waals surface area contributed by atoms with Crippen molar-refractivity contribution in [3.05, 3.63) is 6.07 Å². The summed E-state index contributed by atoms with van der Waals surface area (Å²) < 4.78 is 32.4. The van der Waals surface area contributed by atoms with Gasteiger partial charge >= 0.3 is 0 Å². The molecule has 1 N–H and O–H groups in total. The first kappa shape index (κ1) is 19.5. The molecule has 0 saturated heterocycles. The second-order valence-electron chi connectivity index (χ2n) is 5.78. The normalized spacial score (nSPS) is 13.8. The first-order chi connectivity index (χ1) is 10.5. The number of nitrogens with zero attached hydrogens (tertiary/aromatic N) is 3. The number of hydrazone groups is 1. The van der Waals surface area contributed by atoms with E-state index in [0.29, 0.717) is 16.9 Å². The van der Waals surface area contributed by atoms with E-state index in [0.717, 1.165) is 6.26 Å². The van der Waals surface area contributed by atoms with Gasteiger partial charge in [0.15, 0.2) is 5.16 Å². The maximum absolute atomic E-state index is 11.1. The van der Waals surface area contributed by atoms with Crippen molar-refractivity contribution in [2.45, 2.75) is 31.2 Å². The van der Waals surface area contributed by atoms with Gasteiger partial charge in [-0.1, -0.05) is 32.5 Å². The van der Waals surface area contributed by atoms with Crippen LogP contribution in [0.25, 0.3) is 0 Å². The zero-order valence-corrected chi connectivity index (χ0v) is 15.7. The summed E-state index contributed by atoms with van der Waals surface area (Å²) in [4.78, 5) is 10.6. The fourth-order valence-corrected chi connectivity index (χ4v) is 2.62. The molecule has 1 rings (SSSR count). The van der Waals surface area contributed by atoms with Gasteiger partial charge in [-0.15, -0.1) is 0 Å². The molecule has 1 heterocycles. The molecule has 0 amide bonds. The van der Waals surface area contributed by atoms with Crippen LogP contribution in [-0.4, -0.2) is 50.3 Å². The van der Waals surface area contributed by atoms with Gasteiger partial charge in [-0.3, -0.25) is 0 Å². The third kappa shape index (κ3) is 7.04. The molecule has 0 fully saturated rings. The predicted octanol–water partition coefficient (Wildman–Crippen LogP) is 1.54. The van der Waals surface area contributed by atoms with E-state index in [1.165, 1.54) is 32.2 Å². The maximum atomic E-state index is 11.1. The molecule has 1 aromatic rings. The minimum Gasteiger partial charge on any atom is -0.481 e. The molecule has 1 atom stereocenters. The van der Waals surface area contributed by atoms with Crippen molar-refractivity contribution in [1.82, 2.24) is 14.8 Å². The summed E-state index contributed by atoms with van der Waals surface area (Å²) in [5.74, 6) is 0.774. The van der Waals surface area contributed by atoms with Crippen molar-refractivity contribution in [3.63, 3.8) is 0 Å². The van der Waals surface area contributed by atoms with Gasteiger partial charge in [0.1, 0.15) is 0 Å². The highest BCUT2D eigenvalue weighted by atomic mass is 32.2. The Hall–Kier alpha value is -1.55. The van der Waals surface area contributed by atoms with Crippen molar-refractivity contribution >= 4 is 28.0 Å². The molecule has 1 aromatic heterocycles. The quantitative estimate of drug-likeness (QED) is 0.339. The number of aromatic nitrogens is 2. The van der Waals surface area contributed by atoms with Crippen LogP contribution in [0.4, 0.5) is 0 Å². The molecule has 0 saturated carbocycles. The molecule has 0 aliphatic heterocycles. The van der Waals surface area contributed by atoms with Gasteiger partial charge < -0.3 is 9.47 Å². The highest BCUT2D eigenvalue weighted by molar-refractivity contribution is 8.00. The number of nitrogens with one attached hydrogen (secondary N) is 1. The topological polar surface area (TPSA) is 103 Å². The molecule has 0 bridgehead atoms. The van der Waals surface area contributed by atoms with E-state index in [1.807, 2.05) is 20.8 Å². The van der Waals surface area contributed by atoms with Crippen LogP contribution in [0.5, 0.6) is 11.8 Å². The van der Waals surface area contributed by atoms with E-state index < -0.39 is 10.0 Å². The summed E-state index contributed by atoms with van der Waals surface area (Å²) in [6.07, 6.45) is 2.57. The van der Waals surface area contributed by atoms with E-state index in [1.54, 1.807) is 6.07 Å². The number of ether oxygens (including phenoxy) is 2. The van der Waals surface area contributed by atoms with Crippen LogP contribution < -0.4 is 14.3 Å². The number of thioether (sulfide) groups is 1. The second-order valence-corrected chi connectivity index (χ2v) is 8.62. The maximum Gasteiger partial charge on any atom is 0.244 e. The molecule has 0 aliphatic rings. The molecule has 8 nitrogen and oxygen atoms in total. The molecule has 0 spiro atoms. The van der Waals surface area contributed by atoms with Crippen LogP contribution in [0.3, 0.4) is 0 Å². The SMILES string of the molecule is COc1cc(OC)nc(SC(C=NNS(C)(=O)=O)C(C)(C)C)n1. The van der Waals surface area contributed by atoms with Crippen molar-refractivity contribution < 1.29 is 17.9 Å². The Labute approximate surface area is 141 Å². The number of rotatable bonds is 7. The Bertz CT molecular complexity index is 634. The summed E-state index contributed by atoms with van der Waals surface area (Å²) in [6.45, 7) is 6.03. The fraction of sp³-hybridized carbons (Fsp3) is 0.615. The van der Waals surface area contributed by atoms with Crippen LogP contribution in [0.2, 0.25) is 0 Å². The fourth-order valence-electron chi connectivity index (χ4n) is 1.38. The van der Waals surface area contributed by atoms with Gasteiger partial charge in [0, 0.05) is 6.21 Å². The van der Waals surface area contributed by atoms with Crippen LogP contribution >= 0.6 is 11.8 Å². The Balaban J connectivity index is 3.02. The smallest absolute Gasteiger partial charge is 0.244 e. The van der Waals surface area contributed by atoms with E-state index >= 15 is 0 Å². The monoisotopic (exact) mass is 362 g/mol. The molecule has 23 heavy (non-hydrogen) atoms. The molecule has 0 aromatic carbocycles. The molecule has 0 radical (unpaired) electrons. The summed E-state index contributed by atoms with van der Waals surface area (Å²) >= 11 is 1.34. The van der Waals surface area contributed by atoms with Crippen LogP contribution in [-0.2, 0) is 10.0 Å². The largest absolute Gasteiger partial charge is 0.481 e. The van der Waals surface area contributed by atoms with Crippen LogP contribution in [0, 0.1) is 5.41 Å². The van der Waals surface area contributed by atoms with Crippen LogP contribution in [0.1, 0.15) is 20.8 Å². The minimum absolute atomic E-state index is 0.173. The number of hydrogen-bond acceptors (Lipinski definition) is 8. The summed E-state index contributed by atoms with van der Waals surface area (Å²) in [7, 11) is -0.370. The predicted molar refractivity (Wildman–Crippen MR) is 90.7 cm³/mol. The van der Waals surface area contributed by atoms with Gasteiger partial charge in [-0.05, 0) is 5.41 Å². The molecular weight excluding hydrogens is 340 g/mol. The van der Waals surface area contributed by atoms with Crippen molar-refractivity contribution in [2.75, 3.05) is 20.5 Å². The summed E-state index contributed by atoms with van der Waals surface area (Å²) in [6, 6.07) is 1.58. The summed E-state index contributed by atoms with van der Waals surface area (Å²) in [5, 5.41) is 4.07. The lowest BCUT2D eigenvalue weighted by atomic mass is 9.92. The highest BCUT2D eigenvalue weighted by Gasteiger charge is 2.26. The van der Waals surface area contributed by atoms with Crippen molar-refractivity contribution in [1.29, 1.82) is 0 Å². The zero-order chi connectivity index (χ0) is 17.7. The van der Waals surface area contributed by atoms with Gasteiger partial charge in [-0.25, -0.2) is 13.2 Å². The first-order valence-corrected chi connectivity index (χ1v) is 9.46. The highest BCUT2D eigenvalue weighted by Crippen LogP contribution is 2.34. The standard InChI is InChI=1S/C13H22N4O4S2/c1-13(2,3)9(8-14-17-23(6,18)19)22-12-15-10(20-4)7-11(16-12)21-5/h7-9,17H,1-6H3. The number of methoxy groups -OCH3 is 2. The zero-order valence-electron chi connectivity index (χ0n) is 14.0.